The molecule has 3 N–H and O–H groups in total. The molecule has 1 unspecified atom stereocenters. The van der Waals surface area contributed by atoms with E-state index in [4.69, 9.17) is 16.2 Å². The predicted octanol–water partition coefficient (Wildman–Crippen LogP) is 3.14. The van der Waals surface area contributed by atoms with Gasteiger partial charge in [0.15, 0.2) is 0 Å². The molecule has 2 aromatic rings. The molecule has 0 spiro atoms. The number of phenols is 2. The summed E-state index contributed by atoms with van der Waals surface area (Å²) in [6.07, 6.45) is 0. The summed E-state index contributed by atoms with van der Waals surface area (Å²) < 4.78 is 17.4. The summed E-state index contributed by atoms with van der Waals surface area (Å²) in [5.41, 5.74) is 0.409. The fourth-order valence-corrected chi connectivity index (χ4v) is 2.46. The topological polar surface area (TPSA) is 95.0 Å². The highest BCUT2D eigenvalue weighted by atomic mass is 32.2. The molecule has 6 nitrogen and oxygen atoms in total. The van der Waals surface area contributed by atoms with Gasteiger partial charge in [0.1, 0.15) is 17.2 Å². The van der Waals surface area contributed by atoms with Gasteiger partial charge >= 0.3 is 0 Å². The van der Waals surface area contributed by atoms with E-state index in [1.54, 1.807) is 0 Å². The van der Waals surface area contributed by atoms with Crippen molar-refractivity contribution in [3.05, 3.63) is 53.4 Å². The molecule has 2 aromatic carbocycles. The molecule has 0 fully saturated rings. The zero-order valence-electron chi connectivity index (χ0n) is 11.5. The summed E-state index contributed by atoms with van der Waals surface area (Å²) in [4.78, 5) is 3.34. The zero-order chi connectivity index (χ0) is 16.3. The Morgan fingerprint density at radius 2 is 1.91 bits per heavy atom. The molecule has 0 aliphatic rings. The summed E-state index contributed by atoms with van der Waals surface area (Å²) in [6, 6.07) is 8.13. The Morgan fingerprint density at radius 3 is 2.55 bits per heavy atom. The van der Waals surface area contributed by atoms with Crippen molar-refractivity contribution in [1.82, 2.24) is 0 Å². The quantitative estimate of drug-likeness (QED) is 0.596. The maximum atomic E-state index is 12.1. The van der Waals surface area contributed by atoms with Crippen molar-refractivity contribution in [2.24, 2.45) is 0 Å². The van der Waals surface area contributed by atoms with Crippen molar-refractivity contribution in [3.8, 4) is 17.2 Å². The van der Waals surface area contributed by atoms with E-state index in [0.29, 0.717) is 0 Å². The van der Waals surface area contributed by atoms with Gasteiger partial charge in [-0.15, -0.1) is 0 Å². The van der Waals surface area contributed by atoms with Crippen LogP contribution >= 0.6 is 0 Å². The summed E-state index contributed by atoms with van der Waals surface area (Å²) in [6.45, 7) is 8.43. The zero-order valence-corrected chi connectivity index (χ0v) is 12.3. The summed E-state index contributed by atoms with van der Waals surface area (Å²) >= 11 is -1.89. The average molecular weight is 316 g/mol. The fraction of sp³-hybridized carbons (Fsp3) is 0.0667. The molecule has 0 aromatic heterocycles. The predicted molar refractivity (Wildman–Crippen MR) is 82.0 cm³/mol. The van der Waals surface area contributed by atoms with Crippen LogP contribution in [0, 0.1) is 12.0 Å². The Kier molecular flexibility index (Phi) is 4.44. The van der Waals surface area contributed by atoms with Crippen LogP contribution in [0.4, 0.5) is 5.69 Å². The fourth-order valence-electron chi connectivity index (χ4n) is 1.70. The van der Waals surface area contributed by atoms with Crippen molar-refractivity contribution in [1.29, 1.82) is 5.41 Å². The molecule has 7 heteroatoms. The van der Waals surface area contributed by atoms with Crippen molar-refractivity contribution < 1.29 is 18.6 Å². The second kappa shape index (κ2) is 6.28. The van der Waals surface area contributed by atoms with Gasteiger partial charge in [-0.1, -0.05) is 0 Å². The lowest BCUT2D eigenvalue weighted by Gasteiger charge is -2.08. The van der Waals surface area contributed by atoms with Gasteiger partial charge in [0.25, 0.3) is 0 Å². The third-order valence-electron chi connectivity index (χ3n) is 2.80. The minimum absolute atomic E-state index is 0.0174. The molecular weight excluding hydrogens is 304 g/mol. The van der Waals surface area contributed by atoms with Gasteiger partial charge in [-0.2, -0.15) is 0 Å². The van der Waals surface area contributed by atoms with Gasteiger partial charge in [-0.3, -0.25) is 0 Å². The number of nitrogens with zero attached hydrogens (tertiary/aromatic N) is 1. The van der Waals surface area contributed by atoms with Gasteiger partial charge in [-0.25, -0.2) is 9.05 Å². The normalized spacial score (nSPS) is 11.5. The van der Waals surface area contributed by atoms with Crippen LogP contribution in [0.5, 0.6) is 17.2 Å². The molecule has 0 aliphatic carbocycles. The van der Waals surface area contributed by atoms with Crippen molar-refractivity contribution in [2.45, 2.75) is 11.8 Å². The van der Waals surface area contributed by atoms with Crippen LogP contribution in [-0.4, -0.2) is 20.1 Å². The Hall–Kier alpha value is -2.85. The minimum atomic E-state index is -1.89. The van der Waals surface area contributed by atoms with E-state index in [2.05, 4.69) is 4.85 Å². The largest absolute Gasteiger partial charge is 0.519 e. The Balaban J connectivity index is 2.28. The van der Waals surface area contributed by atoms with E-state index in [9.17, 15) is 14.4 Å². The minimum Gasteiger partial charge on any atom is -0.519 e. The van der Waals surface area contributed by atoms with Crippen LogP contribution in [-0.2, 0) is 11.1 Å². The molecule has 22 heavy (non-hydrogen) atoms. The Morgan fingerprint density at radius 1 is 1.23 bits per heavy atom. The highest BCUT2D eigenvalue weighted by Crippen LogP contribution is 2.30. The first kappa shape index (κ1) is 15.5. The summed E-state index contributed by atoms with van der Waals surface area (Å²) in [7, 11) is 0. The number of nitrogens with one attached hydrogen (secondary N) is 1. The second-order valence-corrected chi connectivity index (χ2v) is 5.49. The van der Waals surface area contributed by atoms with Crippen LogP contribution < -0.4 is 4.18 Å². The molecule has 112 valence electrons. The number of phenolic OH excluding ortho intramolecular Hbond substituents is 2. The highest BCUT2D eigenvalue weighted by Gasteiger charge is 2.12. The summed E-state index contributed by atoms with van der Waals surface area (Å²) in [5.74, 6) is -0.0390. The molecule has 0 saturated heterocycles. The molecule has 1 atom stereocenters. The van der Waals surface area contributed by atoms with Crippen LogP contribution in [0.3, 0.4) is 0 Å². The number of hydrogen-bond acceptors (Lipinski definition) is 5. The second-order valence-electron chi connectivity index (χ2n) is 4.38. The molecule has 2 rings (SSSR count). The number of rotatable bonds is 4. The standard InChI is InChI=1S/C15H12N2O4S/c1-9(16)12-7-10(3-5-14(12)18)21-22(20)11-4-6-15(19)13(8-11)17-2/h3-8,16,18-19H,1H3. The first-order chi connectivity index (χ1) is 10.4. The Labute approximate surface area is 129 Å². The van der Waals surface area contributed by atoms with Gasteiger partial charge < -0.3 is 19.8 Å². The third-order valence-corrected chi connectivity index (χ3v) is 3.79. The van der Waals surface area contributed by atoms with E-state index in [1.807, 2.05) is 0 Å². The van der Waals surface area contributed by atoms with Gasteiger partial charge in [0.2, 0.25) is 16.8 Å². The van der Waals surface area contributed by atoms with Crippen LogP contribution in [0.1, 0.15) is 12.5 Å². The maximum Gasteiger partial charge on any atom is 0.239 e. The molecule has 0 bridgehead atoms. The third kappa shape index (κ3) is 3.24. The van der Waals surface area contributed by atoms with E-state index in [1.165, 1.54) is 43.3 Å². The molecule has 0 radical (unpaired) electrons. The SMILES string of the molecule is [C-]#[N+]c1cc(S(=O)Oc2ccc(O)c(C(C)=N)c2)ccc1O. The van der Waals surface area contributed by atoms with Gasteiger partial charge in [0.05, 0.1) is 11.5 Å². The lowest BCUT2D eigenvalue weighted by molar-refractivity contribution is 0.472. The monoisotopic (exact) mass is 316 g/mol. The summed E-state index contributed by atoms with van der Waals surface area (Å²) in [5, 5.41) is 26.6. The molecular formula is C15H12N2O4S. The first-order valence-electron chi connectivity index (χ1n) is 6.11. The molecule has 0 amide bonds. The van der Waals surface area contributed by atoms with Crippen molar-refractivity contribution >= 4 is 22.5 Å². The molecule has 0 aliphatic heterocycles. The van der Waals surface area contributed by atoms with E-state index < -0.39 is 11.1 Å². The Bertz CT molecular complexity index is 812. The lowest BCUT2D eigenvalue weighted by Crippen LogP contribution is -2.02. The van der Waals surface area contributed by atoms with Gasteiger partial charge in [0, 0.05) is 11.3 Å². The first-order valence-corrected chi connectivity index (χ1v) is 7.19. The van der Waals surface area contributed by atoms with Crippen molar-refractivity contribution in [2.75, 3.05) is 0 Å². The molecule has 0 saturated carbocycles. The van der Waals surface area contributed by atoms with Crippen LogP contribution in [0.25, 0.3) is 4.85 Å². The number of hydrogen-bond donors (Lipinski definition) is 3. The number of aromatic hydroxyl groups is 2. The van der Waals surface area contributed by atoms with E-state index in [0.717, 1.165) is 0 Å². The number of benzene rings is 2. The highest BCUT2D eigenvalue weighted by molar-refractivity contribution is 7.80. The van der Waals surface area contributed by atoms with Crippen molar-refractivity contribution in [3.63, 3.8) is 0 Å². The molecule has 0 heterocycles. The smallest absolute Gasteiger partial charge is 0.239 e. The maximum absolute atomic E-state index is 12.1. The van der Waals surface area contributed by atoms with Crippen LogP contribution in [0.2, 0.25) is 0 Å². The lowest BCUT2D eigenvalue weighted by atomic mass is 10.1. The van der Waals surface area contributed by atoms with E-state index in [-0.39, 0.29) is 39.1 Å². The average Bonchev–Trinajstić information content (AvgIpc) is 2.49. The van der Waals surface area contributed by atoms with Gasteiger partial charge in [-0.05, 0) is 43.3 Å². The van der Waals surface area contributed by atoms with E-state index >= 15 is 0 Å². The van der Waals surface area contributed by atoms with Crippen LogP contribution in [0.15, 0.2) is 41.3 Å².